The van der Waals surface area contributed by atoms with Crippen molar-refractivity contribution in [2.24, 2.45) is 0 Å². The molecule has 11 aromatic carbocycles. The number of fused-ring (bicyclic) bond motifs is 10. The number of benzene rings is 11. The van der Waals surface area contributed by atoms with E-state index in [1.165, 1.54) is 48.5 Å². The molecule has 7 aliphatic rings. The summed E-state index contributed by atoms with van der Waals surface area (Å²) in [5.74, 6) is -5.41. The van der Waals surface area contributed by atoms with Gasteiger partial charge in [-0.05, 0) is 157 Å². The minimum atomic E-state index is -0.859. The normalized spacial score (nSPS) is 14.5. The average molecular weight is 1150 g/mol. The molecule has 0 bridgehead atoms. The summed E-state index contributed by atoms with van der Waals surface area (Å²) in [5.41, 5.74) is 14.6. The van der Waals surface area contributed by atoms with Gasteiger partial charge in [-0.15, -0.1) is 0 Å². The van der Waals surface area contributed by atoms with Gasteiger partial charge in [0.25, 0.3) is 20.1 Å². The molecule has 0 atom stereocenters. The largest absolute Gasteiger partial charge is 0.453 e. The Kier molecular flexibility index (Phi) is 9.97. The fourth-order valence-corrected chi connectivity index (χ4v) is 15.3. The van der Waals surface area contributed by atoms with Crippen molar-refractivity contribution in [1.82, 2.24) is 0 Å². The maximum absolute atomic E-state index is 16.4. The number of rotatable bonds is 4. The standard InChI is InChI=1S/C70H40B3F8N5O/c1-70(2,3)35-18-58-64-59(19-35)84(46-28-40(78)22-41(79)29-46)56-33-57-53(32-52(56)72(64)49-11-5-7-15-55(49)82(58)44-24-36(74)20-37(75)25-44)73-51-13-9-17-63-68(51)86-67-50(12-8-16-62(67)87-63)71-48-10-4-6-14-54(48)83(45-26-38(76)21-39(77)27-45)60-34-61(66(73)69(86)65(60)71)85(57)47-30-42(80)23-43(81)31-47/h4-34H,1-3H3. The summed E-state index contributed by atoms with van der Waals surface area (Å²) in [7, 11) is 0. The Bertz CT molecular complexity index is 4920. The van der Waals surface area contributed by atoms with Crippen molar-refractivity contribution in [3.63, 3.8) is 0 Å². The van der Waals surface area contributed by atoms with E-state index in [0.29, 0.717) is 73.4 Å². The van der Waals surface area contributed by atoms with Crippen molar-refractivity contribution in [2.75, 3.05) is 24.5 Å². The fraction of sp³-hybridized carbons (Fsp3) is 0.0571. The molecule has 0 N–H and O–H groups in total. The molecule has 7 heterocycles. The molecule has 0 radical (unpaired) electrons. The minimum Gasteiger partial charge on any atom is -0.453 e. The lowest BCUT2D eigenvalue weighted by Crippen LogP contribution is -2.69. The SMILES string of the molecule is CC(C)(C)c1cc2c3c(c1)N(c1cc(F)cc(F)c1)c1cc4c(cc1B3c1ccccc1N2c1cc(F)cc(F)c1)B1c2cccc3c2N2c5c(cccc5B5c6ccccc6N(c6cc(F)cc(F)c6)c6cc(c1c2c65)N4c1cc(F)cc(F)c1)O3. The van der Waals surface area contributed by atoms with Crippen LogP contribution < -0.4 is 78.4 Å². The van der Waals surface area contributed by atoms with Gasteiger partial charge in [0.15, 0.2) is 11.5 Å². The van der Waals surface area contributed by atoms with Crippen LogP contribution in [0, 0.1) is 46.5 Å². The summed E-state index contributed by atoms with van der Waals surface area (Å²) < 4.78 is 135. The smallest absolute Gasteiger partial charge is 0.252 e. The van der Waals surface area contributed by atoms with E-state index in [-0.39, 0.29) is 22.7 Å². The summed E-state index contributed by atoms with van der Waals surface area (Å²) >= 11 is 0. The van der Waals surface area contributed by atoms with Gasteiger partial charge in [0.1, 0.15) is 46.5 Å². The zero-order valence-corrected chi connectivity index (χ0v) is 46.3. The molecule has 11 aromatic rings. The number of anilines is 15. The van der Waals surface area contributed by atoms with Gasteiger partial charge in [0.2, 0.25) is 0 Å². The lowest BCUT2D eigenvalue weighted by molar-refractivity contribution is 0.478. The molecule has 0 saturated carbocycles. The Labute approximate surface area is 494 Å². The van der Waals surface area contributed by atoms with Crippen LogP contribution in [0.3, 0.4) is 0 Å². The second-order valence-electron chi connectivity index (χ2n) is 24.3. The summed E-state index contributed by atoms with van der Waals surface area (Å²) in [5, 5.41) is 0. The molecule has 0 aromatic heterocycles. The van der Waals surface area contributed by atoms with Gasteiger partial charge in [-0.1, -0.05) is 87.5 Å². The highest BCUT2D eigenvalue weighted by molar-refractivity contribution is 7.06. The van der Waals surface area contributed by atoms with E-state index >= 15 is 35.1 Å². The Balaban J connectivity index is 1.01. The number of halogens is 8. The molecule has 0 unspecified atom stereocenters. The number of hydrogen-bond donors (Lipinski definition) is 0. The fourth-order valence-electron chi connectivity index (χ4n) is 15.3. The third kappa shape index (κ3) is 6.85. The van der Waals surface area contributed by atoms with Gasteiger partial charge >= 0.3 is 0 Å². The van der Waals surface area contributed by atoms with Crippen LogP contribution in [-0.2, 0) is 5.41 Å². The zero-order chi connectivity index (χ0) is 59.0. The first-order valence-corrected chi connectivity index (χ1v) is 28.6. The van der Waals surface area contributed by atoms with Crippen LogP contribution in [0.1, 0.15) is 26.3 Å². The average Bonchev–Trinajstić information content (AvgIpc) is 0.670. The van der Waals surface area contributed by atoms with Gasteiger partial charge in [-0.2, -0.15) is 0 Å². The van der Waals surface area contributed by atoms with Crippen LogP contribution in [-0.4, -0.2) is 20.1 Å². The van der Waals surface area contributed by atoms with Crippen molar-refractivity contribution < 1.29 is 39.9 Å². The number of nitrogens with zero attached hydrogens (tertiary/aromatic N) is 5. The molecule has 0 fully saturated rings. The highest BCUT2D eigenvalue weighted by atomic mass is 19.2. The topological polar surface area (TPSA) is 25.4 Å². The quantitative estimate of drug-likeness (QED) is 0.129. The molecule has 17 heteroatoms. The van der Waals surface area contributed by atoms with Crippen molar-refractivity contribution in [3.8, 4) is 11.5 Å². The van der Waals surface area contributed by atoms with E-state index in [2.05, 4.69) is 23.1 Å². The lowest BCUT2D eigenvalue weighted by Gasteiger charge is -2.52. The summed E-state index contributed by atoms with van der Waals surface area (Å²) in [6, 6.07) is 50.8. The predicted molar refractivity (Wildman–Crippen MR) is 332 cm³/mol. The van der Waals surface area contributed by atoms with E-state index in [0.717, 1.165) is 79.7 Å². The van der Waals surface area contributed by atoms with Crippen LogP contribution in [0.4, 0.5) is 120 Å². The molecule has 0 saturated heterocycles. The summed E-state index contributed by atoms with van der Waals surface area (Å²) in [4.78, 5) is 9.56. The third-order valence-electron chi connectivity index (χ3n) is 18.4. The number of ether oxygens (including phenoxy) is 1. The minimum absolute atomic E-state index is 0.0999. The second kappa shape index (κ2) is 17.3. The van der Waals surface area contributed by atoms with Crippen LogP contribution in [0.2, 0.25) is 0 Å². The lowest BCUT2D eigenvalue weighted by atomic mass is 9.28. The number of hydrogen-bond acceptors (Lipinski definition) is 6. The molecule has 0 spiro atoms. The van der Waals surface area contributed by atoms with E-state index in [9.17, 15) is 0 Å². The van der Waals surface area contributed by atoms with Gasteiger partial charge < -0.3 is 29.2 Å². The van der Waals surface area contributed by atoms with E-state index in [1.807, 2.05) is 137 Å². The van der Waals surface area contributed by atoms with Crippen molar-refractivity contribution >= 4 is 155 Å². The van der Waals surface area contributed by atoms with E-state index in [4.69, 9.17) is 4.74 Å². The third-order valence-corrected chi connectivity index (χ3v) is 18.4. The predicted octanol–water partition coefficient (Wildman–Crippen LogP) is 13.0. The first kappa shape index (κ1) is 50.2. The Hall–Kier alpha value is -10.1. The monoisotopic (exact) mass is 1150 g/mol. The summed E-state index contributed by atoms with van der Waals surface area (Å²) in [6.07, 6.45) is 0. The van der Waals surface area contributed by atoms with Gasteiger partial charge in [-0.25, -0.2) is 35.1 Å². The molecular formula is C70H40B3F8N5O. The first-order valence-electron chi connectivity index (χ1n) is 28.6. The van der Waals surface area contributed by atoms with Gasteiger partial charge in [0.05, 0.1) is 34.1 Å². The molecule has 0 amide bonds. The van der Waals surface area contributed by atoms with Crippen LogP contribution in [0.25, 0.3) is 0 Å². The molecular weight excluding hydrogens is 1110 g/mol. The Morgan fingerprint density at radius 1 is 0.287 bits per heavy atom. The number of para-hydroxylation sites is 4. The molecule has 6 nitrogen and oxygen atoms in total. The van der Waals surface area contributed by atoms with E-state index < -0.39 is 72.1 Å². The highest BCUT2D eigenvalue weighted by Gasteiger charge is 2.55. The van der Waals surface area contributed by atoms with Crippen LogP contribution >= 0.6 is 0 Å². The second-order valence-corrected chi connectivity index (χ2v) is 24.3. The summed E-state index contributed by atoms with van der Waals surface area (Å²) in [6.45, 7) is 4.30. The Morgan fingerprint density at radius 3 is 1.02 bits per heavy atom. The maximum Gasteiger partial charge on any atom is 0.252 e. The highest BCUT2D eigenvalue weighted by Crippen LogP contribution is 2.57. The zero-order valence-electron chi connectivity index (χ0n) is 46.3. The molecule has 0 aliphatic carbocycles. The van der Waals surface area contributed by atoms with Crippen molar-refractivity contribution in [1.29, 1.82) is 0 Å². The van der Waals surface area contributed by atoms with Crippen molar-refractivity contribution in [3.05, 3.63) is 240 Å². The van der Waals surface area contributed by atoms with Crippen LogP contribution in [0.5, 0.6) is 11.5 Å². The molecule has 7 aliphatic heterocycles. The van der Waals surface area contributed by atoms with Crippen molar-refractivity contribution in [2.45, 2.75) is 26.2 Å². The maximum atomic E-state index is 16.4. The van der Waals surface area contributed by atoms with Crippen LogP contribution in [0.15, 0.2) is 188 Å². The van der Waals surface area contributed by atoms with Gasteiger partial charge in [-0.3, -0.25) is 0 Å². The first-order chi connectivity index (χ1) is 42.0. The van der Waals surface area contributed by atoms with Gasteiger partial charge in [0, 0.05) is 75.5 Å². The molecule has 87 heavy (non-hydrogen) atoms. The molecule has 18 rings (SSSR count). The Morgan fingerprint density at radius 2 is 0.621 bits per heavy atom. The molecule has 416 valence electrons. The van der Waals surface area contributed by atoms with E-state index in [1.54, 1.807) is 0 Å².